The van der Waals surface area contributed by atoms with Crippen LogP contribution in [0.4, 0.5) is 0 Å². The number of nitrogens with zero attached hydrogens (tertiary/aromatic N) is 4. The highest BCUT2D eigenvalue weighted by molar-refractivity contribution is 5.18. The molecule has 0 aromatic carbocycles. The summed E-state index contributed by atoms with van der Waals surface area (Å²) < 4.78 is 1.65. The van der Waals surface area contributed by atoms with Crippen LogP contribution in [0.5, 0.6) is 0 Å². The molecule has 0 aliphatic heterocycles. The van der Waals surface area contributed by atoms with E-state index in [0.717, 1.165) is 5.56 Å². The maximum atomic E-state index is 11.1. The number of aromatic nitrogens is 4. The van der Waals surface area contributed by atoms with Gasteiger partial charge in [0.25, 0.3) is 0 Å². The molecule has 0 unspecified atom stereocenters. The van der Waals surface area contributed by atoms with Crippen molar-refractivity contribution in [1.29, 1.82) is 0 Å². The zero-order valence-corrected chi connectivity index (χ0v) is 11.6. The minimum absolute atomic E-state index is 0.00876. The molecule has 0 saturated carbocycles. The predicted octanol–water partition coefficient (Wildman–Crippen LogP) is 2.00. The fraction of sp³-hybridized carbons (Fsp3) is 0.500. The van der Waals surface area contributed by atoms with Gasteiger partial charge in [0.1, 0.15) is 18.3 Å². The molecule has 0 saturated heterocycles. The maximum Gasteiger partial charge on any atom is 0.137 e. The Morgan fingerprint density at radius 1 is 1.26 bits per heavy atom. The van der Waals surface area contributed by atoms with Gasteiger partial charge in [-0.15, -0.1) is 0 Å². The highest BCUT2D eigenvalue weighted by atomic mass is 16.3. The Hall–Kier alpha value is -1.75. The van der Waals surface area contributed by atoms with Gasteiger partial charge in [0.2, 0.25) is 0 Å². The molecule has 0 amide bonds. The van der Waals surface area contributed by atoms with Crippen LogP contribution in [0, 0.1) is 5.41 Å². The second-order valence-electron chi connectivity index (χ2n) is 6.10. The van der Waals surface area contributed by atoms with E-state index in [1.165, 1.54) is 6.33 Å². The van der Waals surface area contributed by atoms with Crippen molar-refractivity contribution in [3.05, 3.63) is 42.7 Å². The zero-order valence-electron chi connectivity index (χ0n) is 11.6. The van der Waals surface area contributed by atoms with Crippen molar-refractivity contribution in [1.82, 2.24) is 19.7 Å². The molecule has 19 heavy (non-hydrogen) atoms. The quantitative estimate of drug-likeness (QED) is 0.913. The van der Waals surface area contributed by atoms with Gasteiger partial charge in [0.05, 0.1) is 6.54 Å². The first kappa shape index (κ1) is 13.7. The Bertz CT molecular complexity index is 504. The molecule has 2 aromatic rings. The normalized spacial score (nSPS) is 15.2. The van der Waals surface area contributed by atoms with Crippen LogP contribution in [-0.2, 0) is 12.1 Å². The Kier molecular flexibility index (Phi) is 3.66. The van der Waals surface area contributed by atoms with Gasteiger partial charge in [-0.2, -0.15) is 5.10 Å². The molecule has 0 spiro atoms. The van der Waals surface area contributed by atoms with E-state index >= 15 is 0 Å². The Morgan fingerprint density at radius 2 is 2.05 bits per heavy atom. The van der Waals surface area contributed by atoms with E-state index in [2.05, 4.69) is 35.8 Å². The number of rotatable bonds is 4. The number of hydrogen-bond donors (Lipinski definition) is 1. The molecule has 2 aromatic heterocycles. The molecule has 0 aliphatic rings. The molecule has 2 rings (SSSR count). The average Bonchev–Trinajstić information content (AvgIpc) is 2.80. The summed E-state index contributed by atoms with van der Waals surface area (Å²) in [5.41, 5.74) is -0.203. The highest BCUT2D eigenvalue weighted by Gasteiger charge is 2.35. The molecular weight excluding hydrogens is 240 g/mol. The topological polar surface area (TPSA) is 63.8 Å². The summed E-state index contributed by atoms with van der Waals surface area (Å²) in [7, 11) is 0. The van der Waals surface area contributed by atoms with Gasteiger partial charge in [-0.05, 0) is 17.9 Å². The molecule has 1 N–H and O–H groups in total. The first-order chi connectivity index (χ1) is 8.89. The lowest BCUT2D eigenvalue weighted by Crippen LogP contribution is -2.36. The zero-order chi connectivity index (χ0) is 13.9. The third-order valence-corrected chi connectivity index (χ3v) is 2.91. The Balaban J connectivity index is 2.32. The summed E-state index contributed by atoms with van der Waals surface area (Å²) in [6.07, 6.45) is 7.12. The Morgan fingerprint density at radius 3 is 2.58 bits per heavy atom. The SMILES string of the molecule is CC(C)(C)C[C@](O)(Cn1cncn1)c1cccnc1. The summed E-state index contributed by atoms with van der Waals surface area (Å²) in [6.45, 7) is 6.69. The van der Waals surface area contributed by atoms with E-state index in [1.807, 2.05) is 12.1 Å². The fourth-order valence-corrected chi connectivity index (χ4v) is 2.35. The Labute approximate surface area is 113 Å². The number of hydrogen-bond acceptors (Lipinski definition) is 4. The molecule has 1 atom stereocenters. The summed E-state index contributed by atoms with van der Waals surface area (Å²) in [5.74, 6) is 0. The lowest BCUT2D eigenvalue weighted by atomic mass is 9.78. The van der Waals surface area contributed by atoms with Crippen molar-refractivity contribution in [2.45, 2.75) is 39.3 Å². The van der Waals surface area contributed by atoms with Crippen LogP contribution in [0.1, 0.15) is 32.8 Å². The van der Waals surface area contributed by atoms with E-state index in [-0.39, 0.29) is 5.41 Å². The average molecular weight is 260 g/mol. The summed E-state index contributed by atoms with van der Waals surface area (Å²) in [6, 6.07) is 3.74. The standard InChI is InChI=1S/C14H20N4O/c1-13(2,3)8-14(19,9-18-11-16-10-17-18)12-5-4-6-15-7-12/h4-7,10-11,19H,8-9H2,1-3H3/t14-/m0/s1. The molecule has 5 heteroatoms. The molecule has 0 aliphatic carbocycles. The van der Waals surface area contributed by atoms with Gasteiger partial charge in [-0.3, -0.25) is 4.98 Å². The molecule has 0 bridgehead atoms. The number of pyridine rings is 1. The number of aliphatic hydroxyl groups is 1. The third kappa shape index (κ3) is 3.61. The van der Waals surface area contributed by atoms with Crippen LogP contribution in [0.2, 0.25) is 0 Å². The third-order valence-electron chi connectivity index (χ3n) is 2.91. The predicted molar refractivity (Wildman–Crippen MR) is 72.2 cm³/mol. The molecule has 2 heterocycles. The lowest BCUT2D eigenvalue weighted by molar-refractivity contribution is -0.0218. The van der Waals surface area contributed by atoms with Crippen LogP contribution in [0.25, 0.3) is 0 Å². The summed E-state index contributed by atoms with van der Waals surface area (Å²) in [5, 5.41) is 15.1. The van der Waals surface area contributed by atoms with Crippen LogP contribution in [0.15, 0.2) is 37.2 Å². The lowest BCUT2D eigenvalue weighted by Gasteiger charge is -2.34. The molecular formula is C14H20N4O. The van der Waals surface area contributed by atoms with E-state index in [9.17, 15) is 5.11 Å². The van der Waals surface area contributed by atoms with Crippen LogP contribution >= 0.6 is 0 Å². The monoisotopic (exact) mass is 260 g/mol. The summed E-state index contributed by atoms with van der Waals surface area (Å²) >= 11 is 0. The van der Waals surface area contributed by atoms with Gasteiger partial charge < -0.3 is 5.11 Å². The first-order valence-electron chi connectivity index (χ1n) is 6.34. The smallest absolute Gasteiger partial charge is 0.137 e. The van der Waals surface area contributed by atoms with Crippen molar-refractivity contribution < 1.29 is 5.11 Å². The van der Waals surface area contributed by atoms with Crippen LogP contribution < -0.4 is 0 Å². The van der Waals surface area contributed by atoms with Crippen molar-refractivity contribution in [3.8, 4) is 0 Å². The first-order valence-corrected chi connectivity index (χ1v) is 6.34. The molecule has 0 fully saturated rings. The van der Waals surface area contributed by atoms with Crippen LogP contribution in [-0.4, -0.2) is 24.9 Å². The van der Waals surface area contributed by atoms with Crippen molar-refractivity contribution in [2.24, 2.45) is 5.41 Å². The minimum Gasteiger partial charge on any atom is -0.383 e. The van der Waals surface area contributed by atoms with E-state index < -0.39 is 5.60 Å². The molecule has 5 nitrogen and oxygen atoms in total. The van der Waals surface area contributed by atoms with E-state index in [1.54, 1.807) is 23.4 Å². The fourth-order valence-electron chi connectivity index (χ4n) is 2.35. The van der Waals surface area contributed by atoms with Crippen molar-refractivity contribution in [3.63, 3.8) is 0 Å². The van der Waals surface area contributed by atoms with Crippen molar-refractivity contribution in [2.75, 3.05) is 0 Å². The van der Waals surface area contributed by atoms with Crippen molar-refractivity contribution >= 4 is 0 Å². The largest absolute Gasteiger partial charge is 0.383 e. The molecule has 0 radical (unpaired) electrons. The van der Waals surface area contributed by atoms with Crippen LogP contribution in [0.3, 0.4) is 0 Å². The van der Waals surface area contributed by atoms with Gasteiger partial charge in [-0.25, -0.2) is 9.67 Å². The van der Waals surface area contributed by atoms with Gasteiger partial charge in [0, 0.05) is 18.0 Å². The molecule has 102 valence electrons. The van der Waals surface area contributed by atoms with E-state index in [0.29, 0.717) is 13.0 Å². The minimum atomic E-state index is -1.000. The second kappa shape index (κ2) is 5.09. The highest BCUT2D eigenvalue weighted by Crippen LogP contribution is 2.35. The van der Waals surface area contributed by atoms with Gasteiger partial charge in [-0.1, -0.05) is 26.8 Å². The van der Waals surface area contributed by atoms with Gasteiger partial charge >= 0.3 is 0 Å². The summed E-state index contributed by atoms with van der Waals surface area (Å²) in [4.78, 5) is 8.03. The second-order valence-corrected chi connectivity index (χ2v) is 6.10. The maximum absolute atomic E-state index is 11.1. The van der Waals surface area contributed by atoms with E-state index in [4.69, 9.17) is 0 Å². The van der Waals surface area contributed by atoms with Gasteiger partial charge in [0.15, 0.2) is 0 Å².